The van der Waals surface area contributed by atoms with Crippen molar-refractivity contribution in [3.63, 3.8) is 0 Å². The first-order valence-corrected chi connectivity index (χ1v) is 6.89. The fourth-order valence-corrected chi connectivity index (χ4v) is 1.84. The number of aromatic nitrogens is 1. The van der Waals surface area contributed by atoms with Gasteiger partial charge in [0.15, 0.2) is 11.4 Å². The quantitative estimate of drug-likeness (QED) is 0.686. The average molecular weight is 305 g/mol. The van der Waals surface area contributed by atoms with E-state index in [1.54, 1.807) is 18.4 Å². The first-order chi connectivity index (χ1) is 9.78. The zero-order valence-corrected chi connectivity index (χ0v) is 13.2. The number of alkyl halides is 1. The van der Waals surface area contributed by atoms with Crippen LogP contribution in [0.25, 0.3) is 5.70 Å². The fraction of sp³-hybridized carbons (Fsp3) is 0.400. The lowest BCUT2D eigenvalue weighted by molar-refractivity contribution is -0.127. The van der Waals surface area contributed by atoms with Gasteiger partial charge in [-0.25, -0.2) is 0 Å². The molecule has 0 unspecified atom stereocenters. The Morgan fingerprint density at radius 3 is 2.19 bits per heavy atom. The summed E-state index contributed by atoms with van der Waals surface area (Å²) < 4.78 is 1.63. The van der Waals surface area contributed by atoms with Crippen molar-refractivity contribution in [3.8, 4) is 12.1 Å². The number of carbonyl (C=O) groups is 1. The molecule has 0 aliphatic carbocycles. The van der Waals surface area contributed by atoms with Crippen LogP contribution in [-0.4, -0.2) is 16.4 Å². The van der Waals surface area contributed by atoms with Crippen LogP contribution < -0.4 is 5.32 Å². The molecule has 1 rings (SSSR count). The number of halogens is 1. The van der Waals surface area contributed by atoms with Gasteiger partial charge in [0, 0.05) is 17.3 Å². The Morgan fingerprint density at radius 1 is 1.29 bits per heavy atom. The lowest BCUT2D eigenvalue weighted by Gasteiger charge is -2.20. The Hall–Kier alpha value is -2.24. The molecule has 0 bridgehead atoms. The molecule has 0 saturated heterocycles. The molecule has 1 aromatic heterocycles. The molecular weight excluding hydrogens is 288 g/mol. The number of rotatable bonds is 4. The zero-order valence-electron chi connectivity index (χ0n) is 12.5. The van der Waals surface area contributed by atoms with Gasteiger partial charge in [0.1, 0.15) is 12.1 Å². The predicted octanol–water partition coefficient (Wildman–Crippen LogP) is 2.70. The molecule has 0 saturated carbocycles. The van der Waals surface area contributed by atoms with Gasteiger partial charge in [-0.2, -0.15) is 10.5 Å². The van der Waals surface area contributed by atoms with E-state index in [-0.39, 0.29) is 17.3 Å². The minimum atomic E-state index is -0.828. The van der Waals surface area contributed by atoms with Crippen molar-refractivity contribution in [2.45, 2.75) is 27.7 Å². The van der Waals surface area contributed by atoms with Crippen molar-refractivity contribution in [1.29, 1.82) is 10.5 Å². The molecule has 0 fully saturated rings. The van der Waals surface area contributed by atoms with Crippen molar-refractivity contribution >= 4 is 23.2 Å². The first kappa shape index (κ1) is 16.8. The number of carbonyl (C=O) groups excluding carboxylic acids is 1. The number of aryl methyl sites for hydroxylation is 2. The van der Waals surface area contributed by atoms with Gasteiger partial charge in [-0.05, 0) is 39.8 Å². The van der Waals surface area contributed by atoms with E-state index in [1.807, 2.05) is 38.1 Å². The minimum absolute atomic E-state index is 0.0805. The van der Waals surface area contributed by atoms with Crippen LogP contribution in [0.2, 0.25) is 0 Å². The maximum atomic E-state index is 12.1. The molecule has 6 heteroatoms. The van der Waals surface area contributed by atoms with Crippen LogP contribution in [0.5, 0.6) is 0 Å². The topological polar surface area (TPSA) is 81.6 Å². The zero-order chi connectivity index (χ0) is 16.2. The number of nitrogens with one attached hydrogen (secondary N) is 1. The van der Waals surface area contributed by atoms with Crippen LogP contribution in [0.15, 0.2) is 17.8 Å². The van der Waals surface area contributed by atoms with Crippen molar-refractivity contribution in [2.24, 2.45) is 5.41 Å². The Bertz CT molecular complexity index is 651. The lowest BCUT2D eigenvalue weighted by Crippen LogP contribution is -2.38. The van der Waals surface area contributed by atoms with Gasteiger partial charge < -0.3 is 9.88 Å². The number of nitrogens with zero attached hydrogens (tertiary/aromatic N) is 3. The smallest absolute Gasteiger partial charge is 0.231 e. The molecule has 0 atom stereocenters. The van der Waals surface area contributed by atoms with E-state index in [1.165, 1.54) is 0 Å². The summed E-state index contributed by atoms with van der Waals surface area (Å²) in [6.07, 6.45) is 0. The van der Waals surface area contributed by atoms with E-state index in [9.17, 15) is 15.3 Å². The monoisotopic (exact) mass is 304 g/mol. The Labute approximate surface area is 129 Å². The molecule has 110 valence electrons. The summed E-state index contributed by atoms with van der Waals surface area (Å²) in [5, 5.41) is 21.1. The summed E-state index contributed by atoms with van der Waals surface area (Å²) in [5.41, 5.74) is 0.801. The molecule has 1 heterocycles. The molecule has 1 aromatic rings. The standard InChI is InChI=1S/C15H17ClN4O/c1-10-5-6-11(2)20(10)13(8-18)12(7-17)19-14(21)15(3,4)9-16/h5-6H,9H2,1-4H3,(H,19,21)/b13-12+. The molecule has 5 nitrogen and oxygen atoms in total. The maximum Gasteiger partial charge on any atom is 0.231 e. The number of allylic oxidation sites excluding steroid dienone is 2. The molecule has 1 amide bonds. The first-order valence-electron chi connectivity index (χ1n) is 6.35. The van der Waals surface area contributed by atoms with Crippen molar-refractivity contribution in [3.05, 3.63) is 29.2 Å². The van der Waals surface area contributed by atoms with Crippen LogP contribution in [0.3, 0.4) is 0 Å². The third-order valence-electron chi connectivity index (χ3n) is 3.14. The van der Waals surface area contributed by atoms with Gasteiger partial charge in [-0.1, -0.05) is 0 Å². The van der Waals surface area contributed by atoms with Crippen molar-refractivity contribution < 1.29 is 4.79 Å². The van der Waals surface area contributed by atoms with Crippen LogP contribution >= 0.6 is 11.6 Å². The molecule has 21 heavy (non-hydrogen) atoms. The number of hydrogen-bond donors (Lipinski definition) is 1. The predicted molar refractivity (Wildman–Crippen MR) is 81.0 cm³/mol. The molecule has 0 aromatic carbocycles. The third kappa shape index (κ3) is 3.45. The summed E-state index contributed by atoms with van der Waals surface area (Å²) in [5.74, 6) is -0.287. The van der Waals surface area contributed by atoms with E-state index >= 15 is 0 Å². The summed E-state index contributed by atoms with van der Waals surface area (Å²) in [4.78, 5) is 12.1. The summed E-state index contributed by atoms with van der Waals surface area (Å²) in [7, 11) is 0. The van der Waals surface area contributed by atoms with Crippen LogP contribution in [0, 0.1) is 41.9 Å². The Kier molecular flexibility index (Phi) is 5.18. The third-order valence-corrected chi connectivity index (χ3v) is 3.80. The maximum absolute atomic E-state index is 12.1. The van der Waals surface area contributed by atoms with E-state index in [2.05, 4.69) is 5.32 Å². The van der Waals surface area contributed by atoms with E-state index in [0.29, 0.717) is 0 Å². The normalized spacial score (nSPS) is 12.1. The van der Waals surface area contributed by atoms with Gasteiger partial charge >= 0.3 is 0 Å². The highest BCUT2D eigenvalue weighted by Crippen LogP contribution is 2.20. The van der Waals surface area contributed by atoms with Crippen molar-refractivity contribution in [2.75, 3.05) is 5.88 Å². The minimum Gasteiger partial charge on any atom is -0.314 e. The number of hydrogen-bond acceptors (Lipinski definition) is 3. The van der Waals surface area contributed by atoms with Crippen LogP contribution in [-0.2, 0) is 4.79 Å². The SMILES string of the molecule is Cc1ccc(C)n1/C(C#N)=C(\C#N)NC(=O)C(C)(C)CCl. The average Bonchev–Trinajstić information content (AvgIpc) is 2.78. The highest BCUT2D eigenvalue weighted by atomic mass is 35.5. The second-order valence-electron chi connectivity index (χ2n) is 5.37. The van der Waals surface area contributed by atoms with E-state index in [0.717, 1.165) is 11.4 Å². The van der Waals surface area contributed by atoms with E-state index < -0.39 is 11.3 Å². The Balaban J connectivity index is 3.32. The highest BCUT2D eigenvalue weighted by Gasteiger charge is 2.28. The second kappa shape index (κ2) is 6.47. The molecule has 0 aliphatic heterocycles. The van der Waals surface area contributed by atoms with Gasteiger partial charge in [-0.3, -0.25) is 4.79 Å². The van der Waals surface area contributed by atoms with Gasteiger partial charge in [0.05, 0.1) is 5.41 Å². The molecule has 0 spiro atoms. The molecular formula is C15H17ClN4O. The summed E-state index contributed by atoms with van der Waals surface area (Å²) in [6.45, 7) is 6.98. The molecule has 0 aliphatic rings. The van der Waals surface area contributed by atoms with Crippen LogP contribution in [0.1, 0.15) is 25.2 Å². The molecule has 1 N–H and O–H groups in total. The second-order valence-corrected chi connectivity index (χ2v) is 5.64. The van der Waals surface area contributed by atoms with Gasteiger partial charge in [0.25, 0.3) is 0 Å². The number of nitriles is 2. The van der Waals surface area contributed by atoms with Crippen LogP contribution in [0.4, 0.5) is 0 Å². The number of amides is 1. The summed E-state index contributed by atoms with van der Waals surface area (Å²) in [6, 6.07) is 7.55. The summed E-state index contributed by atoms with van der Waals surface area (Å²) >= 11 is 5.75. The van der Waals surface area contributed by atoms with Gasteiger partial charge in [-0.15, -0.1) is 11.6 Å². The largest absolute Gasteiger partial charge is 0.314 e. The van der Waals surface area contributed by atoms with Gasteiger partial charge in [0.2, 0.25) is 5.91 Å². The fourth-order valence-electron chi connectivity index (χ4n) is 1.72. The Morgan fingerprint density at radius 2 is 1.81 bits per heavy atom. The molecule has 0 radical (unpaired) electrons. The highest BCUT2D eigenvalue weighted by molar-refractivity contribution is 6.19. The lowest BCUT2D eigenvalue weighted by atomic mass is 9.95. The van der Waals surface area contributed by atoms with E-state index in [4.69, 9.17) is 11.6 Å². The van der Waals surface area contributed by atoms with Crippen molar-refractivity contribution in [1.82, 2.24) is 9.88 Å².